The summed E-state index contributed by atoms with van der Waals surface area (Å²) < 4.78 is 45.5. The van der Waals surface area contributed by atoms with Gasteiger partial charge >= 0.3 is 12.3 Å². The minimum absolute atomic E-state index is 0.135. The zero-order valence-corrected chi connectivity index (χ0v) is 20.8. The highest BCUT2D eigenvalue weighted by Gasteiger charge is 2.31. The summed E-state index contributed by atoms with van der Waals surface area (Å²) in [4.78, 5) is 32.5. The molecule has 2 aliphatic rings. The number of anilines is 1. The normalized spacial score (nSPS) is 16.2. The van der Waals surface area contributed by atoms with Crippen molar-refractivity contribution in [3.8, 4) is 0 Å². The standard InChI is InChI=1S/C25H32F3N5O3/c1-24(2,3)36-23(35)31-15-11-20-19(16-31)21(34)33(32-13-4-5-14-32)22(30-20)29-12-10-17-6-8-18(9-7-17)25(26,27)28/h6-9H,4-5,10-16H2,1-3H3,(H,29,30). The summed E-state index contributed by atoms with van der Waals surface area (Å²) in [6.45, 7) is 7.75. The molecule has 1 aromatic heterocycles. The number of benzene rings is 1. The van der Waals surface area contributed by atoms with Crippen molar-refractivity contribution in [2.45, 2.75) is 64.8 Å². The number of carbonyl (C=O) groups is 1. The maximum Gasteiger partial charge on any atom is 0.416 e. The number of aromatic nitrogens is 2. The molecule has 2 aromatic rings. The third-order valence-corrected chi connectivity index (χ3v) is 6.20. The van der Waals surface area contributed by atoms with Crippen LogP contribution >= 0.6 is 0 Å². The first-order valence-electron chi connectivity index (χ1n) is 12.2. The average Bonchev–Trinajstić information content (AvgIpc) is 3.32. The Hall–Kier alpha value is -3.24. The van der Waals surface area contributed by atoms with Crippen molar-refractivity contribution in [3.05, 3.63) is 57.0 Å². The molecule has 36 heavy (non-hydrogen) atoms. The maximum absolute atomic E-state index is 13.6. The molecule has 1 amide bonds. The van der Waals surface area contributed by atoms with Gasteiger partial charge in [0.2, 0.25) is 5.95 Å². The topological polar surface area (TPSA) is 79.7 Å². The average molecular weight is 508 g/mol. The van der Waals surface area contributed by atoms with Gasteiger partial charge in [0.15, 0.2) is 0 Å². The lowest BCUT2D eigenvalue weighted by Gasteiger charge is -2.32. The fraction of sp³-hybridized carbons (Fsp3) is 0.560. The zero-order chi connectivity index (χ0) is 26.1. The molecule has 1 aromatic carbocycles. The van der Waals surface area contributed by atoms with Crippen LogP contribution in [0.5, 0.6) is 0 Å². The molecule has 0 atom stereocenters. The van der Waals surface area contributed by atoms with Gasteiger partial charge in [0.25, 0.3) is 5.56 Å². The predicted octanol–water partition coefficient (Wildman–Crippen LogP) is 3.94. The lowest BCUT2D eigenvalue weighted by atomic mass is 10.1. The molecule has 0 saturated carbocycles. The number of nitrogens with one attached hydrogen (secondary N) is 1. The number of rotatable bonds is 5. The first kappa shape index (κ1) is 25.8. The predicted molar refractivity (Wildman–Crippen MR) is 130 cm³/mol. The summed E-state index contributed by atoms with van der Waals surface area (Å²) in [5.41, 5.74) is 0.341. The van der Waals surface area contributed by atoms with E-state index in [1.807, 2.05) is 5.01 Å². The van der Waals surface area contributed by atoms with E-state index in [2.05, 4.69) is 5.32 Å². The van der Waals surface area contributed by atoms with Crippen molar-refractivity contribution in [2.75, 3.05) is 36.5 Å². The van der Waals surface area contributed by atoms with Crippen molar-refractivity contribution in [1.82, 2.24) is 14.6 Å². The number of carbonyl (C=O) groups excluding carboxylic acids is 1. The van der Waals surface area contributed by atoms with Gasteiger partial charge in [-0.25, -0.2) is 9.78 Å². The van der Waals surface area contributed by atoms with E-state index in [0.29, 0.717) is 56.2 Å². The maximum atomic E-state index is 13.6. The van der Waals surface area contributed by atoms with Gasteiger partial charge in [0.05, 0.1) is 23.4 Å². The van der Waals surface area contributed by atoms with Crippen LogP contribution in [0.15, 0.2) is 29.1 Å². The Morgan fingerprint density at radius 3 is 2.36 bits per heavy atom. The minimum atomic E-state index is -4.37. The van der Waals surface area contributed by atoms with Gasteiger partial charge < -0.3 is 20.0 Å². The molecule has 1 fully saturated rings. The highest BCUT2D eigenvalue weighted by atomic mass is 19.4. The number of amides is 1. The van der Waals surface area contributed by atoms with Crippen molar-refractivity contribution in [3.63, 3.8) is 0 Å². The molecule has 1 N–H and O–H groups in total. The van der Waals surface area contributed by atoms with Gasteiger partial charge in [-0.05, 0) is 57.7 Å². The molecule has 0 spiro atoms. The van der Waals surface area contributed by atoms with Crippen molar-refractivity contribution in [2.24, 2.45) is 0 Å². The number of hydrogen-bond acceptors (Lipinski definition) is 6. The Labute approximate surface area is 208 Å². The first-order chi connectivity index (χ1) is 16.9. The number of halogens is 3. The lowest BCUT2D eigenvalue weighted by Crippen LogP contribution is -2.48. The van der Waals surface area contributed by atoms with E-state index in [1.165, 1.54) is 17.0 Å². The Kier molecular flexibility index (Phi) is 7.19. The summed E-state index contributed by atoms with van der Waals surface area (Å²) in [6.07, 6.45) is -2.01. The third-order valence-electron chi connectivity index (χ3n) is 6.20. The van der Waals surface area contributed by atoms with E-state index in [-0.39, 0.29) is 12.1 Å². The quantitative estimate of drug-likeness (QED) is 0.661. The SMILES string of the molecule is CC(C)(C)OC(=O)N1CCc2nc(NCCc3ccc(C(F)(F)F)cc3)n(N3CCCC3)c(=O)c2C1. The van der Waals surface area contributed by atoms with Gasteiger partial charge in [-0.2, -0.15) is 17.8 Å². The summed E-state index contributed by atoms with van der Waals surface area (Å²) >= 11 is 0. The van der Waals surface area contributed by atoms with Crippen LogP contribution in [0.1, 0.15) is 56.0 Å². The van der Waals surface area contributed by atoms with Crippen LogP contribution in [0.3, 0.4) is 0 Å². The molecule has 0 unspecified atom stereocenters. The van der Waals surface area contributed by atoms with Gasteiger partial charge in [0.1, 0.15) is 5.60 Å². The van der Waals surface area contributed by atoms with E-state index < -0.39 is 23.4 Å². The number of ether oxygens (including phenoxy) is 1. The highest BCUT2D eigenvalue weighted by molar-refractivity contribution is 5.68. The molecule has 2 aliphatic heterocycles. The molecule has 11 heteroatoms. The second-order valence-corrected chi connectivity index (χ2v) is 10.2. The van der Waals surface area contributed by atoms with Crippen LogP contribution in [0.4, 0.5) is 23.9 Å². The van der Waals surface area contributed by atoms with Gasteiger partial charge in [0, 0.05) is 32.6 Å². The fourth-order valence-electron chi connectivity index (χ4n) is 4.41. The molecule has 0 radical (unpaired) electrons. The molecule has 0 bridgehead atoms. The Morgan fingerprint density at radius 2 is 1.75 bits per heavy atom. The summed E-state index contributed by atoms with van der Waals surface area (Å²) in [5, 5.41) is 5.17. The van der Waals surface area contributed by atoms with E-state index >= 15 is 0 Å². The van der Waals surface area contributed by atoms with Crippen LogP contribution < -0.4 is 15.9 Å². The summed E-state index contributed by atoms with van der Waals surface area (Å²) in [5.74, 6) is 0.415. The summed E-state index contributed by atoms with van der Waals surface area (Å²) in [7, 11) is 0. The van der Waals surface area contributed by atoms with Crippen LogP contribution in [0, 0.1) is 0 Å². The van der Waals surface area contributed by atoms with Crippen LogP contribution in [-0.4, -0.2) is 52.4 Å². The molecule has 3 heterocycles. The smallest absolute Gasteiger partial charge is 0.416 e. The highest BCUT2D eigenvalue weighted by Crippen LogP contribution is 2.29. The second-order valence-electron chi connectivity index (χ2n) is 10.2. The van der Waals surface area contributed by atoms with E-state index in [1.54, 1.807) is 25.4 Å². The van der Waals surface area contributed by atoms with Crippen LogP contribution in [-0.2, 0) is 30.3 Å². The molecule has 4 rings (SSSR count). The molecule has 8 nitrogen and oxygen atoms in total. The Bertz CT molecular complexity index is 1150. The molecular formula is C25H32F3N5O3. The molecular weight excluding hydrogens is 475 g/mol. The van der Waals surface area contributed by atoms with Crippen LogP contribution in [0.25, 0.3) is 0 Å². The van der Waals surface area contributed by atoms with Gasteiger partial charge in [-0.15, -0.1) is 0 Å². The number of fused-ring (bicyclic) bond motifs is 1. The number of hydrogen-bond donors (Lipinski definition) is 1. The molecule has 196 valence electrons. The zero-order valence-electron chi connectivity index (χ0n) is 20.8. The first-order valence-corrected chi connectivity index (χ1v) is 12.2. The Morgan fingerprint density at radius 1 is 1.08 bits per heavy atom. The summed E-state index contributed by atoms with van der Waals surface area (Å²) in [6, 6.07) is 5.07. The molecule has 0 aliphatic carbocycles. The lowest BCUT2D eigenvalue weighted by molar-refractivity contribution is -0.137. The van der Waals surface area contributed by atoms with E-state index in [0.717, 1.165) is 30.5 Å². The van der Waals surface area contributed by atoms with Crippen molar-refractivity contribution < 1.29 is 22.7 Å². The van der Waals surface area contributed by atoms with E-state index in [4.69, 9.17) is 9.72 Å². The van der Waals surface area contributed by atoms with E-state index in [9.17, 15) is 22.8 Å². The van der Waals surface area contributed by atoms with Crippen LogP contribution in [0.2, 0.25) is 0 Å². The fourth-order valence-corrected chi connectivity index (χ4v) is 4.41. The Balaban J connectivity index is 1.53. The van der Waals surface area contributed by atoms with Crippen molar-refractivity contribution in [1.29, 1.82) is 0 Å². The van der Waals surface area contributed by atoms with Gasteiger partial charge in [-0.3, -0.25) is 4.79 Å². The van der Waals surface area contributed by atoms with Gasteiger partial charge in [-0.1, -0.05) is 12.1 Å². The largest absolute Gasteiger partial charge is 0.444 e. The monoisotopic (exact) mass is 507 g/mol. The minimum Gasteiger partial charge on any atom is -0.444 e. The third kappa shape index (κ3) is 5.93. The molecule has 1 saturated heterocycles. The number of alkyl halides is 3. The van der Waals surface area contributed by atoms with Crippen molar-refractivity contribution >= 4 is 12.0 Å². The number of nitrogens with zero attached hydrogens (tertiary/aromatic N) is 4. The second kappa shape index (κ2) is 10.0.